The van der Waals surface area contributed by atoms with Crippen LogP contribution in [0.5, 0.6) is 11.5 Å². The van der Waals surface area contributed by atoms with Crippen LogP contribution in [0.3, 0.4) is 0 Å². The van der Waals surface area contributed by atoms with E-state index in [-0.39, 0.29) is 11.7 Å². The topological polar surface area (TPSA) is 66.0 Å². The molecule has 0 unspecified atom stereocenters. The number of allylic oxidation sites excluding steroid dienone is 1. The molecule has 4 nitrogen and oxygen atoms in total. The maximum atomic E-state index is 8.83. The van der Waals surface area contributed by atoms with Crippen LogP contribution in [0.2, 0.25) is 0 Å². The van der Waals surface area contributed by atoms with Gasteiger partial charge in [-0.2, -0.15) is 10.5 Å². The maximum absolute atomic E-state index is 8.83. The number of fused-ring (bicyclic) bond motifs is 1. The molecule has 0 bridgehead atoms. The Morgan fingerprint density at radius 3 is 2.84 bits per heavy atom. The van der Waals surface area contributed by atoms with Gasteiger partial charge in [-0.1, -0.05) is 0 Å². The highest BCUT2D eigenvalue weighted by atomic mass is 16.5. The second-order valence-corrected chi connectivity index (χ2v) is 4.34. The summed E-state index contributed by atoms with van der Waals surface area (Å²) in [6.45, 7) is 4.44. The van der Waals surface area contributed by atoms with Gasteiger partial charge in [0.15, 0.2) is 0 Å². The molecule has 1 atom stereocenters. The Labute approximate surface area is 112 Å². The van der Waals surface area contributed by atoms with Crippen molar-refractivity contribution in [3.8, 4) is 23.6 Å². The smallest absolute Gasteiger partial charge is 0.130 e. The fourth-order valence-electron chi connectivity index (χ4n) is 2.09. The minimum atomic E-state index is 0.0481. The minimum Gasteiger partial charge on any atom is -0.493 e. The number of benzene rings is 1. The van der Waals surface area contributed by atoms with Crippen molar-refractivity contribution in [3.05, 3.63) is 28.8 Å². The first kappa shape index (κ1) is 13.0. The molecular formula is C15H14N2O2. The molecule has 0 saturated heterocycles. The molecule has 0 amide bonds. The summed E-state index contributed by atoms with van der Waals surface area (Å²) in [5, 5.41) is 17.7. The number of rotatable bonds is 3. The van der Waals surface area contributed by atoms with Crippen molar-refractivity contribution < 1.29 is 9.47 Å². The second-order valence-electron chi connectivity index (χ2n) is 4.34. The summed E-state index contributed by atoms with van der Waals surface area (Å²) in [7, 11) is 0. The lowest BCUT2D eigenvalue weighted by Crippen LogP contribution is -2.05. The van der Waals surface area contributed by atoms with Crippen LogP contribution < -0.4 is 9.47 Å². The average Bonchev–Trinajstić information content (AvgIpc) is 2.75. The molecule has 2 rings (SSSR count). The number of hydrogen-bond donors (Lipinski definition) is 0. The van der Waals surface area contributed by atoms with E-state index < -0.39 is 0 Å². The van der Waals surface area contributed by atoms with Crippen molar-refractivity contribution in [1.29, 1.82) is 10.5 Å². The van der Waals surface area contributed by atoms with Gasteiger partial charge in [0.1, 0.15) is 35.3 Å². The molecule has 1 aromatic rings. The summed E-state index contributed by atoms with van der Waals surface area (Å²) in [4.78, 5) is 0. The molecule has 0 aliphatic carbocycles. The van der Waals surface area contributed by atoms with Crippen LogP contribution in [-0.4, -0.2) is 12.7 Å². The quantitative estimate of drug-likeness (QED) is 0.778. The molecule has 1 aromatic carbocycles. The first-order chi connectivity index (χ1) is 9.17. The summed E-state index contributed by atoms with van der Waals surface area (Å²) in [6.07, 6.45) is 2.52. The third-order valence-electron chi connectivity index (χ3n) is 2.87. The molecule has 1 aliphatic rings. The van der Waals surface area contributed by atoms with Crippen LogP contribution in [-0.2, 0) is 6.42 Å². The highest BCUT2D eigenvalue weighted by Crippen LogP contribution is 2.36. The van der Waals surface area contributed by atoms with E-state index in [2.05, 4.69) is 0 Å². The SMILES string of the molecule is CCOc1cc2c(cc1C=C(C#N)C#N)O[C@H](C)C2. The van der Waals surface area contributed by atoms with Gasteiger partial charge >= 0.3 is 0 Å². The third-order valence-corrected chi connectivity index (χ3v) is 2.87. The van der Waals surface area contributed by atoms with Crippen LogP contribution >= 0.6 is 0 Å². The van der Waals surface area contributed by atoms with Crippen LogP contribution in [0.25, 0.3) is 6.08 Å². The molecule has 0 aromatic heterocycles. The van der Waals surface area contributed by atoms with Crippen LogP contribution in [0.1, 0.15) is 25.0 Å². The fourth-order valence-corrected chi connectivity index (χ4v) is 2.09. The second kappa shape index (κ2) is 5.46. The largest absolute Gasteiger partial charge is 0.493 e. The molecule has 0 saturated carbocycles. The Hall–Kier alpha value is -2.46. The van der Waals surface area contributed by atoms with Crippen molar-refractivity contribution in [2.75, 3.05) is 6.61 Å². The summed E-state index contributed by atoms with van der Waals surface area (Å²) in [5.74, 6) is 1.49. The molecule has 4 heteroatoms. The van der Waals surface area contributed by atoms with E-state index in [0.717, 1.165) is 17.7 Å². The van der Waals surface area contributed by atoms with E-state index >= 15 is 0 Å². The Kier molecular flexibility index (Phi) is 3.73. The summed E-state index contributed by atoms with van der Waals surface area (Å²) >= 11 is 0. The van der Waals surface area contributed by atoms with Crippen molar-refractivity contribution in [2.24, 2.45) is 0 Å². The fraction of sp³-hybridized carbons (Fsp3) is 0.333. The van der Waals surface area contributed by atoms with Crippen molar-refractivity contribution in [2.45, 2.75) is 26.4 Å². The summed E-state index contributed by atoms with van der Waals surface area (Å²) in [6, 6.07) is 7.46. The lowest BCUT2D eigenvalue weighted by molar-refractivity contribution is 0.254. The monoisotopic (exact) mass is 254 g/mol. The van der Waals surface area contributed by atoms with E-state index in [1.807, 2.05) is 38.1 Å². The predicted octanol–water partition coefficient (Wildman–Crippen LogP) is 2.84. The predicted molar refractivity (Wildman–Crippen MR) is 70.6 cm³/mol. The van der Waals surface area contributed by atoms with E-state index in [4.69, 9.17) is 20.0 Å². The van der Waals surface area contributed by atoms with Gasteiger partial charge in [-0.15, -0.1) is 0 Å². The maximum Gasteiger partial charge on any atom is 0.130 e. The normalized spacial score (nSPS) is 15.7. The van der Waals surface area contributed by atoms with Crippen molar-refractivity contribution in [3.63, 3.8) is 0 Å². The van der Waals surface area contributed by atoms with Crippen LogP contribution in [0, 0.1) is 22.7 Å². The van der Waals surface area contributed by atoms with E-state index in [9.17, 15) is 0 Å². The van der Waals surface area contributed by atoms with Gasteiger partial charge < -0.3 is 9.47 Å². The minimum absolute atomic E-state index is 0.0481. The molecule has 0 radical (unpaired) electrons. The van der Waals surface area contributed by atoms with Gasteiger partial charge in [0.2, 0.25) is 0 Å². The molecule has 0 spiro atoms. The Bertz CT molecular complexity index is 590. The van der Waals surface area contributed by atoms with E-state index in [0.29, 0.717) is 17.9 Å². The van der Waals surface area contributed by atoms with Gasteiger partial charge in [-0.3, -0.25) is 0 Å². The first-order valence-electron chi connectivity index (χ1n) is 6.16. The highest BCUT2D eigenvalue weighted by molar-refractivity contribution is 5.69. The number of ether oxygens (including phenoxy) is 2. The number of hydrogen-bond acceptors (Lipinski definition) is 4. The number of nitriles is 2. The molecule has 1 heterocycles. The average molecular weight is 254 g/mol. The summed E-state index contributed by atoms with van der Waals surface area (Å²) < 4.78 is 11.2. The Morgan fingerprint density at radius 2 is 2.21 bits per heavy atom. The van der Waals surface area contributed by atoms with Crippen molar-refractivity contribution >= 4 is 6.08 Å². The number of nitrogens with zero attached hydrogens (tertiary/aromatic N) is 2. The van der Waals surface area contributed by atoms with Crippen LogP contribution in [0.15, 0.2) is 17.7 Å². The van der Waals surface area contributed by atoms with E-state index in [1.54, 1.807) is 0 Å². The first-order valence-corrected chi connectivity index (χ1v) is 6.16. The van der Waals surface area contributed by atoms with Gasteiger partial charge in [0.05, 0.1) is 6.61 Å². The lowest BCUT2D eigenvalue weighted by atomic mass is 10.0. The Balaban J connectivity index is 2.48. The molecule has 19 heavy (non-hydrogen) atoms. The highest BCUT2D eigenvalue weighted by Gasteiger charge is 2.21. The zero-order valence-electron chi connectivity index (χ0n) is 10.9. The van der Waals surface area contributed by atoms with Gasteiger partial charge in [0.25, 0.3) is 0 Å². The lowest BCUT2D eigenvalue weighted by Gasteiger charge is -2.09. The molecule has 0 N–H and O–H groups in total. The molecule has 1 aliphatic heterocycles. The Morgan fingerprint density at radius 1 is 1.47 bits per heavy atom. The summed E-state index contributed by atoms with van der Waals surface area (Å²) in [5.41, 5.74) is 1.85. The zero-order chi connectivity index (χ0) is 13.8. The molecule has 96 valence electrons. The van der Waals surface area contributed by atoms with E-state index in [1.165, 1.54) is 6.08 Å². The molecular weight excluding hydrogens is 240 g/mol. The standard InChI is InChI=1S/C15H14N2O2/c1-3-18-14-6-12-4-10(2)19-15(12)7-13(14)5-11(8-16)9-17/h5-7,10H,3-4H2,1-2H3/t10-/m1/s1. The molecule has 0 fully saturated rings. The van der Waals surface area contributed by atoms with Gasteiger partial charge in [-0.25, -0.2) is 0 Å². The van der Waals surface area contributed by atoms with Crippen molar-refractivity contribution in [1.82, 2.24) is 0 Å². The van der Waals surface area contributed by atoms with Crippen LogP contribution in [0.4, 0.5) is 0 Å². The third kappa shape index (κ3) is 2.69. The van der Waals surface area contributed by atoms with Gasteiger partial charge in [-0.05, 0) is 32.1 Å². The zero-order valence-corrected chi connectivity index (χ0v) is 10.9. The van der Waals surface area contributed by atoms with Gasteiger partial charge in [0, 0.05) is 17.5 Å².